The van der Waals surface area contributed by atoms with Crippen LogP contribution in [0.5, 0.6) is 5.75 Å². The molecular formula is C23H22N6O. The molecule has 2 heterocycles. The molecule has 0 unspecified atom stereocenters. The summed E-state index contributed by atoms with van der Waals surface area (Å²) < 4.78 is 5.67. The molecule has 7 heteroatoms. The van der Waals surface area contributed by atoms with Crippen LogP contribution < -0.4 is 21.5 Å². The summed E-state index contributed by atoms with van der Waals surface area (Å²) in [5.74, 6) is 2.18. The summed E-state index contributed by atoms with van der Waals surface area (Å²) in [5.41, 5.74) is 15.5. The van der Waals surface area contributed by atoms with Crippen molar-refractivity contribution in [3.8, 4) is 17.1 Å². The van der Waals surface area contributed by atoms with Crippen molar-refractivity contribution in [1.29, 1.82) is 0 Å². The van der Waals surface area contributed by atoms with Crippen LogP contribution in [0, 0.1) is 0 Å². The first-order chi connectivity index (χ1) is 14.6. The molecule has 30 heavy (non-hydrogen) atoms. The summed E-state index contributed by atoms with van der Waals surface area (Å²) in [5, 5.41) is 4.20. The maximum absolute atomic E-state index is 6.07. The van der Waals surface area contributed by atoms with Gasteiger partial charge in [0, 0.05) is 28.5 Å². The van der Waals surface area contributed by atoms with Crippen molar-refractivity contribution in [2.75, 3.05) is 17.7 Å². The Balaban J connectivity index is 1.92. The molecule has 2 aromatic carbocycles. The number of pyridine rings is 1. The van der Waals surface area contributed by atoms with E-state index in [-0.39, 0.29) is 0 Å². The van der Waals surface area contributed by atoms with Gasteiger partial charge in [-0.25, -0.2) is 15.0 Å². The van der Waals surface area contributed by atoms with Gasteiger partial charge in [-0.05, 0) is 43.3 Å². The highest BCUT2D eigenvalue weighted by Crippen LogP contribution is 2.32. The molecule has 0 spiro atoms. The van der Waals surface area contributed by atoms with Crippen LogP contribution >= 0.6 is 0 Å². The summed E-state index contributed by atoms with van der Waals surface area (Å²) in [4.78, 5) is 13.6. The Hall–Kier alpha value is -4.13. The van der Waals surface area contributed by atoms with Crippen LogP contribution in [0.25, 0.3) is 28.0 Å². The Morgan fingerprint density at radius 3 is 2.70 bits per heavy atom. The molecule has 7 nitrogen and oxygen atoms in total. The molecule has 0 aliphatic carbocycles. The molecule has 0 amide bonds. The standard InChI is InChI=1S/C23H22N6O/c1-3-30-15-10-11-20-18(13-15)23(27-19-9-5-4-7-16(19)14(2)24)29-22(28-20)17-8-6-12-26-21(17)25/h4-13H,2-3,24H2,1H3,(H2,25,26)(H,27,28,29). The minimum absolute atomic E-state index is 0.365. The van der Waals surface area contributed by atoms with E-state index in [2.05, 4.69) is 16.9 Å². The Morgan fingerprint density at radius 1 is 1.10 bits per heavy atom. The van der Waals surface area contributed by atoms with E-state index in [1.165, 1.54) is 0 Å². The second kappa shape index (κ2) is 8.08. The third-order valence-corrected chi connectivity index (χ3v) is 4.58. The van der Waals surface area contributed by atoms with E-state index in [1.54, 1.807) is 12.3 Å². The number of hydrogen-bond donors (Lipinski definition) is 3. The summed E-state index contributed by atoms with van der Waals surface area (Å²) in [6.45, 7) is 6.37. The first-order valence-electron chi connectivity index (χ1n) is 9.53. The third-order valence-electron chi connectivity index (χ3n) is 4.58. The van der Waals surface area contributed by atoms with Crippen molar-refractivity contribution in [3.63, 3.8) is 0 Å². The van der Waals surface area contributed by atoms with Crippen molar-refractivity contribution in [1.82, 2.24) is 15.0 Å². The van der Waals surface area contributed by atoms with Crippen LogP contribution in [0.4, 0.5) is 17.3 Å². The van der Waals surface area contributed by atoms with Gasteiger partial charge in [0.05, 0.1) is 17.7 Å². The molecule has 5 N–H and O–H groups in total. The normalized spacial score (nSPS) is 10.7. The molecule has 0 saturated heterocycles. The van der Waals surface area contributed by atoms with Gasteiger partial charge in [-0.15, -0.1) is 0 Å². The second-order valence-electron chi connectivity index (χ2n) is 6.64. The monoisotopic (exact) mass is 398 g/mol. The molecule has 0 atom stereocenters. The minimum atomic E-state index is 0.365. The number of para-hydroxylation sites is 1. The SMILES string of the molecule is C=C(N)c1ccccc1Nc1nc(-c2cccnc2N)nc2ccc(OCC)cc12. The average molecular weight is 398 g/mol. The first kappa shape index (κ1) is 19.2. The predicted octanol–water partition coefficient (Wildman–Crippen LogP) is 4.35. The zero-order chi connectivity index (χ0) is 21.1. The highest BCUT2D eigenvalue weighted by Gasteiger charge is 2.14. The minimum Gasteiger partial charge on any atom is -0.494 e. The average Bonchev–Trinajstić information content (AvgIpc) is 2.74. The number of aromatic nitrogens is 3. The number of ether oxygens (including phenoxy) is 1. The smallest absolute Gasteiger partial charge is 0.165 e. The van der Waals surface area contributed by atoms with E-state index in [9.17, 15) is 0 Å². The number of nitrogens with one attached hydrogen (secondary N) is 1. The van der Waals surface area contributed by atoms with E-state index in [0.717, 1.165) is 27.9 Å². The van der Waals surface area contributed by atoms with Gasteiger partial charge in [-0.2, -0.15) is 0 Å². The van der Waals surface area contributed by atoms with Gasteiger partial charge >= 0.3 is 0 Å². The maximum atomic E-state index is 6.07. The molecule has 0 aliphatic heterocycles. The highest BCUT2D eigenvalue weighted by atomic mass is 16.5. The third kappa shape index (κ3) is 3.73. The Bertz CT molecular complexity index is 1240. The van der Waals surface area contributed by atoms with Crippen molar-refractivity contribution in [3.05, 3.63) is 72.9 Å². The van der Waals surface area contributed by atoms with Gasteiger partial charge in [-0.1, -0.05) is 24.8 Å². The number of hydrogen-bond acceptors (Lipinski definition) is 7. The van der Waals surface area contributed by atoms with E-state index >= 15 is 0 Å². The first-order valence-corrected chi connectivity index (χ1v) is 9.53. The lowest BCUT2D eigenvalue weighted by Gasteiger charge is -2.15. The number of benzene rings is 2. The number of nitrogens with two attached hydrogens (primary N) is 2. The van der Waals surface area contributed by atoms with Crippen LogP contribution in [0.3, 0.4) is 0 Å². The van der Waals surface area contributed by atoms with Gasteiger partial charge in [-0.3, -0.25) is 0 Å². The zero-order valence-electron chi connectivity index (χ0n) is 16.6. The number of nitrogen functional groups attached to an aromatic ring is 1. The summed E-state index contributed by atoms with van der Waals surface area (Å²) in [7, 11) is 0. The van der Waals surface area contributed by atoms with Crippen LogP contribution in [0.1, 0.15) is 12.5 Å². The molecular weight excluding hydrogens is 376 g/mol. The van der Waals surface area contributed by atoms with E-state index in [0.29, 0.717) is 35.3 Å². The zero-order valence-corrected chi connectivity index (χ0v) is 16.6. The molecule has 0 radical (unpaired) electrons. The van der Waals surface area contributed by atoms with Crippen molar-refractivity contribution in [2.24, 2.45) is 5.73 Å². The molecule has 4 aromatic rings. The predicted molar refractivity (Wildman–Crippen MR) is 121 cm³/mol. The fourth-order valence-electron chi connectivity index (χ4n) is 3.19. The lowest BCUT2D eigenvalue weighted by molar-refractivity contribution is 0.340. The van der Waals surface area contributed by atoms with Gasteiger partial charge in [0.25, 0.3) is 0 Å². The van der Waals surface area contributed by atoms with Crippen LogP contribution in [-0.4, -0.2) is 21.6 Å². The van der Waals surface area contributed by atoms with Crippen molar-refractivity contribution >= 4 is 33.9 Å². The lowest BCUT2D eigenvalue weighted by Crippen LogP contribution is -2.04. The number of rotatable bonds is 6. The molecule has 0 aliphatic rings. The van der Waals surface area contributed by atoms with Gasteiger partial charge in [0.1, 0.15) is 17.4 Å². The molecule has 0 saturated carbocycles. The van der Waals surface area contributed by atoms with E-state index in [4.69, 9.17) is 26.2 Å². The van der Waals surface area contributed by atoms with Crippen molar-refractivity contribution < 1.29 is 4.74 Å². The second-order valence-corrected chi connectivity index (χ2v) is 6.64. The van der Waals surface area contributed by atoms with Crippen molar-refractivity contribution in [2.45, 2.75) is 6.92 Å². The van der Waals surface area contributed by atoms with E-state index < -0.39 is 0 Å². The molecule has 150 valence electrons. The molecule has 0 fully saturated rings. The van der Waals surface area contributed by atoms with Gasteiger partial charge in [0.2, 0.25) is 0 Å². The summed E-state index contributed by atoms with van der Waals surface area (Å²) >= 11 is 0. The topological polar surface area (TPSA) is 112 Å². The fourth-order valence-corrected chi connectivity index (χ4v) is 3.19. The summed E-state index contributed by atoms with van der Waals surface area (Å²) in [6.07, 6.45) is 1.64. The van der Waals surface area contributed by atoms with Gasteiger partial charge in [0.15, 0.2) is 5.82 Å². The van der Waals surface area contributed by atoms with Crippen LogP contribution in [0.15, 0.2) is 67.4 Å². The summed E-state index contributed by atoms with van der Waals surface area (Å²) in [6, 6.07) is 17.0. The highest BCUT2D eigenvalue weighted by molar-refractivity contribution is 5.94. The quantitative estimate of drug-likeness (QED) is 0.443. The number of nitrogens with zero attached hydrogens (tertiary/aromatic N) is 3. The molecule has 4 rings (SSSR count). The van der Waals surface area contributed by atoms with Crippen LogP contribution in [0.2, 0.25) is 0 Å². The number of anilines is 3. The molecule has 2 aromatic heterocycles. The molecule has 0 bridgehead atoms. The van der Waals surface area contributed by atoms with Crippen LogP contribution in [-0.2, 0) is 0 Å². The largest absolute Gasteiger partial charge is 0.494 e. The Labute approximate surface area is 174 Å². The Morgan fingerprint density at radius 2 is 1.93 bits per heavy atom. The number of fused-ring (bicyclic) bond motifs is 1. The maximum Gasteiger partial charge on any atom is 0.165 e. The Kier molecular flexibility index (Phi) is 5.17. The lowest BCUT2D eigenvalue weighted by atomic mass is 10.1. The fraction of sp³-hybridized carbons (Fsp3) is 0.0870. The van der Waals surface area contributed by atoms with Gasteiger partial charge < -0.3 is 21.5 Å². The van der Waals surface area contributed by atoms with E-state index in [1.807, 2.05) is 55.5 Å².